The van der Waals surface area contributed by atoms with Crippen molar-refractivity contribution >= 4 is 56.0 Å². The number of anilines is 1. The zero-order valence-corrected chi connectivity index (χ0v) is 23.3. The van der Waals surface area contributed by atoms with Crippen molar-refractivity contribution in [2.24, 2.45) is 0 Å². The molecule has 0 bridgehead atoms. The first kappa shape index (κ1) is 27.9. The van der Waals surface area contributed by atoms with Crippen LogP contribution < -0.4 is 20.1 Å². The van der Waals surface area contributed by atoms with E-state index < -0.39 is 28.0 Å². The maximum Gasteiger partial charge on any atom is 0.243 e. The van der Waals surface area contributed by atoms with Crippen molar-refractivity contribution in [3.8, 4) is 22.6 Å². The maximum atomic E-state index is 12.5. The van der Waals surface area contributed by atoms with Crippen LogP contribution >= 0.6 is 23.2 Å². The van der Waals surface area contributed by atoms with Gasteiger partial charge < -0.3 is 20.1 Å². The normalized spacial score (nSPS) is 17.8. The van der Waals surface area contributed by atoms with Crippen LogP contribution in [0.2, 0.25) is 10.0 Å². The largest absolute Gasteiger partial charge is 0.495 e. The highest BCUT2D eigenvalue weighted by Gasteiger charge is 2.39. The van der Waals surface area contributed by atoms with E-state index in [0.717, 1.165) is 17.0 Å². The van der Waals surface area contributed by atoms with Gasteiger partial charge in [0.2, 0.25) is 21.9 Å². The molecule has 38 heavy (non-hydrogen) atoms. The summed E-state index contributed by atoms with van der Waals surface area (Å²) in [6.45, 7) is 5.34. The number of methoxy groups -OCH3 is 2. The number of ether oxygens (including phenoxy) is 2. The van der Waals surface area contributed by atoms with Crippen LogP contribution in [0.15, 0.2) is 43.1 Å². The third-order valence-electron chi connectivity index (χ3n) is 6.31. The van der Waals surface area contributed by atoms with Gasteiger partial charge >= 0.3 is 0 Å². The summed E-state index contributed by atoms with van der Waals surface area (Å²) in [6.07, 6.45) is 2.79. The molecule has 202 valence electrons. The van der Waals surface area contributed by atoms with Crippen LogP contribution in [0.25, 0.3) is 22.0 Å². The molecule has 1 aliphatic rings. The van der Waals surface area contributed by atoms with Crippen molar-refractivity contribution < 1.29 is 22.7 Å². The zero-order chi connectivity index (χ0) is 27.6. The second kappa shape index (κ2) is 11.3. The number of hydrogen-bond acceptors (Lipinski definition) is 8. The molecule has 2 heterocycles. The smallest absolute Gasteiger partial charge is 0.243 e. The van der Waals surface area contributed by atoms with Crippen molar-refractivity contribution in [2.45, 2.75) is 19.0 Å². The summed E-state index contributed by atoms with van der Waals surface area (Å²) in [7, 11) is -0.426. The molecule has 1 fully saturated rings. The molecule has 1 aromatic heterocycles. The number of halogens is 2. The van der Waals surface area contributed by atoms with E-state index in [9.17, 15) is 13.2 Å². The Hall–Kier alpha value is -3.12. The van der Waals surface area contributed by atoms with E-state index in [-0.39, 0.29) is 18.8 Å². The third-order valence-corrected chi connectivity index (χ3v) is 8.88. The molecular formula is C25H27Cl2N5O5S. The quantitative estimate of drug-likeness (QED) is 0.367. The molecule has 2 N–H and O–H groups in total. The highest BCUT2D eigenvalue weighted by atomic mass is 35.5. The zero-order valence-electron chi connectivity index (χ0n) is 21.0. The van der Waals surface area contributed by atoms with E-state index in [1.807, 2.05) is 12.1 Å². The van der Waals surface area contributed by atoms with E-state index in [2.05, 4.69) is 27.2 Å². The van der Waals surface area contributed by atoms with Gasteiger partial charge in [-0.3, -0.25) is 4.79 Å². The molecule has 1 aliphatic heterocycles. The van der Waals surface area contributed by atoms with Gasteiger partial charge in [-0.05, 0) is 30.7 Å². The van der Waals surface area contributed by atoms with Crippen molar-refractivity contribution in [3.63, 3.8) is 0 Å². The lowest BCUT2D eigenvalue weighted by atomic mass is 10.0. The summed E-state index contributed by atoms with van der Waals surface area (Å²) >= 11 is 13.1. The number of fused-ring (bicyclic) bond motifs is 1. The highest BCUT2D eigenvalue weighted by Crippen LogP contribution is 2.46. The minimum atomic E-state index is -3.45. The van der Waals surface area contributed by atoms with Crippen LogP contribution in [0.5, 0.6) is 11.5 Å². The van der Waals surface area contributed by atoms with Gasteiger partial charge in [-0.15, -0.1) is 0 Å². The fraction of sp³-hybridized carbons (Fsp3) is 0.320. The molecule has 13 heteroatoms. The first-order chi connectivity index (χ1) is 18.1. The van der Waals surface area contributed by atoms with Crippen molar-refractivity contribution in [1.82, 2.24) is 19.6 Å². The molecule has 2 atom stereocenters. The average molecular weight is 580 g/mol. The van der Waals surface area contributed by atoms with E-state index in [0.29, 0.717) is 38.6 Å². The molecule has 1 saturated heterocycles. The third kappa shape index (κ3) is 5.51. The second-order valence-corrected chi connectivity index (χ2v) is 11.6. The molecule has 0 saturated carbocycles. The predicted octanol–water partition coefficient (Wildman–Crippen LogP) is 3.74. The van der Waals surface area contributed by atoms with E-state index >= 15 is 0 Å². The van der Waals surface area contributed by atoms with Gasteiger partial charge in [0.1, 0.15) is 11.5 Å². The molecule has 10 nitrogen and oxygen atoms in total. The Labute approximate surface area is 231 Å². The Morgan fingerprint density at radius 3 is 2.42 bits per heavy atom. The number of aromatic nitrogens is 2. The number of carbonyl (C=O) groups excluding carboxylic acids is 1. The molecule has 4 rings (SSSR count). The number of nitrogens with one attached hydrogen (secondary N) is 2. The first-order valence-electron chi connectivity index (χ1n) is 11.7. The predicted molar refractivity (Wildman–Crippen MR) is 149 cm³/mol. The summed E-state index contributed by atoms with van der Waals surface area (Å²) in [6, 6.07) is 6.16. The van der Waals surface area contributed by atoms with Crippen molar-refractivity contribution in [3.05, 3.63) is 53.2 Å². The average Bonchev–Trinajstić information content (AvgIpc) is 3.31. The van der Waals surface area contributed by atoms with E-state index in [1.165, 1.54) is 18.5 Å². The molecular weight excluding hydrogens is 553 g/mol. The topological polar surface area (TPSA) is 123 Å². The highest BCUT2D eigenvalue weighted by molar-refractivity contribution is 7.89. The summed E-state index contributed by atoms with van der Waals surface area (Å²) in [5, 5.41) is 7.38. The number of nitrogens with zero attached hydrogens (tertiary/aromatic N) is 3. The molecule has 0 spiro atoms. The number of carbonyl (C=O) groups is 1. The van der Waals surface area contributed by atoms with Crippen LogP contribution in [0.1, 0.15) is 6.92 Å². The minimum Gasteiger partial charge on any atom is -0.495 e. The Balaban J connectivity index is 1.64. The van der Waals surface area contributed by atoms with Crippen LogP contribution in [0.3, 0.4) is 0 Å². The molecule has 2 aromatic carbocycles. The monoisotopic (exact) mass is 579 g/mol. The summed E-state index contributed by atoms with van der Waals surface area (Å²) < 4.78 is 37.0. The summed E-state index contributed by atoms with van der Waals surface area (Å²) in [5.41, 5.74) is 1.91. The van der Waals surface area contributed by atoms with Crippen LogP contribution in [-0.4, -0.2) is 73.7 Å². The Morgan fingerprint density at radius 1 is 1.16 bits per heavy atom. The van der Waals surface area contributed by atoms with Gasteiger partial charge in [-0.2, -0.15) is 4.31 Å². The first-order valence-corrected chi connectivity index (χ1v) is 14.0. The van der Waals surface area contributed by atoms with E-state index in [1.54, 1.807) is 25.3 Å². The standard InChI is InChI=1S/C25H27Cl2N5O5S/c1-5-21(33)29-17-12-32(38(34,35)6-2)13-18(17)31-25-28-11-15-9-14(7-8-16(15)30-25)22-23(26)19(36-3)10-20(37-4)24(22)27/h5,7-11,17-18H,1,6,12-13H2,2-4H3,(H,29,33)(H,28,30,31)/t17-,18+/m0/s1. The number of amides is 1. The van der Waals surface area contributed by atoms with Gasteiger partial charge in [-0.25, -0.2) is 18.4 Å². The van der Waals surface area contributed by atoms with Gasteiger partial charge in [0.25, 0.3) is 0 Å². The maximum absolute atomic E-state index is 12.5. The van der Waals surface area contributed by atoms with Crippen LogP contribution in [0, 0.1) is 0 Å². The summed E-state index contributed by atoms with van der Waals surface area (Å²) in [4.78, 5) is 21.0. The lowest BCUT2D eigenvalue weighted by molar-refractivity contribution is -0.117. The number of hydrogen-bond donors (Lipinski definition) is 2. The van der Waals surface area contributed by atoms with Gasteiger partial charge in [0.05, 0.1) is 47.6 Å². The number of benzene rings is 2. The Kier molecular flexibility index (Phi) is 8.31. The molecule has 0 radical (unpaired) electrons. The fourth-order valence-corrected chi connectivity index (χ4v) is 6.13. The van der Waals surface area contributed by atoms with Gasteiger partial charge in [0.15, 0.2) is 0 Å². The lowest BCUT2D eigenvalue weighted by Gasteiger charge is -2.20. The van der Waals surface area contributed by atoms with Crippen LogP contribution in [-0.2, 0) is 14.8 Å². The molecule has 1 amide bonds. The molecule has 0 unspecified atom stereocenters. The molecule has 3 aromatic rings. The Bertz CT molecular complexity index is 1470. The Morgan fingerprint density at radius 2 is 1.82 bits per heavy atom. The minimum absolute atomic E-state index is 0.0378. The molecule has 0 aliphatic carbocycles. The number of sulfonamides is 1. The lowest BCUT2D eigenvalue weighted by Crippen LogP contribution is -2.45. The van der Waals surface area contributed by atoms with E-state index in [4.69, 9.17) is 32.7 Å². The van der Waals surface area contributed by atoms with Gasteiger partial charge in [-0.1, -0.05) is 35.8 Å². The van der Waals surface area contributed by atoms with Crippen molar-refractivity contribution in [1.29, 1.82) is 0 Å². The summed E-state index contributed by atoms with van der Waals surface area (Å²) in [5.74, 6) is 0.711. The number of rotatable bonds is 9. The SMILES string of the molecule is C=CC(=O)N[C@H]1CN(S(=O)(=O)CC)C[C@H]1Nc1ncc2cc(-c3c(Cl)c(OC)cc(OC)c3Cl)ccc2n1. The second-order valence-electron chi connectivity index (χ2n) is 8.54. The fourth-order valence-electron chi connectivity index (χ4n) is 4.27. The van der Waals surface area contributed by atoms with Gasteiger partial charge in [0, 0.05) is 36.3 Å². The van der Waals surface area contributed by atoms with Crippen LogP contribution in [0.4, 0.5) is 5.95 Å². The van der Waals surface area contributed by atoms with Crippen molar-refractivity contribution in [2.75, 3.05) is 38.4 Å².